The molecule has 0 saturated heterocycles. The highest BCUT2D eigenvalue weighted by Crippen LogP contribution is 2.20. The molecule has 2 aromatic rings. The van der Waals surface area contributed by atoms with E-state index in [9.17, 15) is 4.79 Å². The number of carbonyl (C=O) groups is 1. The summed E-state index contributed by atoms with van der Waals surface area (Å²) < 4.78 is 5.28. The first-order valence-electron chi connectivity index (χ1n) is 5.29. The molecular weight excluding hydrogens is 234 g/mol. The summed E-state index contributed by atoms with van der Waals surface area (Å²) in [7, 11) is 1.56. The van der Waals surface area contributed by atoms with Crippen LogP contribution >= 0.6 is 11.3 Å². The molecule has 1 unspecified atom stereocenters. The maximum atomic E-state index is 12.1. The summed E-state index contributed by atoms with van der Waals surface area (Å²) in [6, 6.07) is 9.53. The lowest BCUT2D eigenvalue weighted by atomic mass is 10.0. The number of aromatic nitrogens is 1. The van der Waals surface area contributed by atoms with Gasteiger partial charge in [0.1, 0.15) is 6.10 Å². The highest BCUT2D eigenvalue weighted by molar-refractivity contribution is 7.09. The van der Waals surface area contributed by atoms with Crippen molar-refractivity contribution in [3.63, 3.8) is 0 Å². The van der Waals surface area contributed by atoms with Crippen LogP contribution < -0.4 is 0 Å². The van der Waals surface area contributed by atoms with Crippen molar-refractivity contribution >= 4 is 17.1 Å². The number of benzene rings is 1. The third kappa shape index (κ3) is 2.99. The minimum atomic E-state index is -0.488. The molecule has 0 fully saturated rings. The molecule has 1 aromatic carbocycles. The Morgan fingerprint density at radius 2 is 2.18 bits per heavy atom. The summed E-state index contributed by atoms with van der Waals surface area (Å²) in [5.41, 5.74) is 2.62. The largest absolute Gasteiger partial charge is 0.369 e. The molecule has 3 nitrogen and oxygen atoms in total. The van der Waals surface area contributed by atoms with E-state index in [0.717, 1.165) is 10.4 Å². The topological polar surface area (TPSA) is 39.2 Å². The van der Waals surface area contributed by atoms with E-state index >= 15 is 0 Å². The molecule has 0 aliphatic carbocycles. The number of carbonyl (C=O) groups excluding carboxylic acids is 1. The second-order valence-corrected chi connectivity index (χ2v) is 4.61. The van der Waals surface area contributed by atoms with Gasteiger partial charge in [0.05, 0.1) is 5.51 Å². The molecule has 0 aliphatic rings. The van der Waals surface area contributed by atoms with Crippen LogP contribution in [0.3, 0.4) is 0 Å². The average Bonchev–Trinajstić information content (AvgIpc) is 2.84. The summed E-state index contributed by atoms with van der Waals surface area (Å²) in [6.45, 7) is 0. The number of hydrogen-bond acceptors (Lipinski definition) is 4. The van der Waals surface area contributed by atoms with Gasteiger partial charge in [0.15, 0.2) is 5.78 Å². The molecule has 0 N–H and O–H groups in total. The van der Waals surface area contributed by atoms with Crippen molar-refractivity contribution in [1.82, 2.24) is 4.98 Å². The van der Waals surface area contributed by atoms with Crippen LogP contribution in [0.5, 0.6) is 0 Å². The Morgan fingerprint density at radius 3 is 2.76 bits per heavy atom. The van der Waals surface area contributed by atoms with E-state index in [0.29, 0.717) is 6.42 Å². The fraction of sp³-hybridized carbons (Fsp3) is 0.231. The quantitative estimate of drug-likeness (QED) is 0.815. The van der Waals surface area contributed by atoms with E-state index < -0.39 is 6.10 Å². The van der Waals surface area contributed by atoms with Gasteiger partial charge in [-0.2, -0.15) is 0 Å². The van der Waals surface area contributed by atoms with Crippen molar-refractivity contribution in [1.29, 1.82) is 0 Å². The number of thiazole rings is 1. The van der Waals surface area contributed by atoms with Gasteiger partial charge in [0.25, 0.3) is 0 Å². The number of ether oxygens (including phenoxy) is 1. The van der Waals surface area contributed by atoms with Crippen LogP contribution in [0.2, 0.25) is 0 Å². The lowest BCUT2D eigenvalue weighted by Crippen LogP contribution is -2.16. The Hall–Kier alpha value is -1.52. The Balaban J connectivity index is 2.11. The first kappa shape index (κ1) is 12.0. The van der Waals surface area contributed by atoms with Crippen molar-refractivity contribution in [3.05, 3.63) is 52.5 Å². The van der Waals surface area contributed by atoms with Gasteiger partial charge in [0.2, 0.25) is 0 Å². The summed E-state index contributed by atoms with van der Waals surface area (Å²) in [5, 5.41) is 0. The van der Waals surface area contributed by atoms with E-state index in [4.69, 9.17) is 4.74 Å². The Bertz CT molecular complexity index is 467. The average molecular weight is 247 g/mol. The zero-order chi connectivity index (χ0) is 12.1. The van der Waals surface area contributed by atoms with Crippen molar-refractivity contribution in [2.75, 3.05) is 7.11 Å². The Kier molecular flexibility index (Phi) is 4.01. The van der Waals surface area contributed by atoms with E-state index in [-0.39, 0.29) is 5.78 Å². The van der Waals surface area contributed by atoms with Gasteiger partial charge in [-0.25, -0.2) is 0 Å². The predicted octanol–water partition coefficient (Wildman–Crippen LogP) is 2.64. The standard InChI is InChI=1S/C13H13NO2S/c1-16-13(10-5-3-2-4-6-10)12(15)7-11-8-14-9-17-11/h2-6,8-9,13H,7H2,1H3. The zero-order valence-electron chi connectivity index (χ0n) is 9.50. The smallest absolute Gasteiger partial charge is 0.171 e. The second-order valence-electron chi connectivity index (χ2n) is 3.64. The van der Waals surface area contributed by atoms with Crippen molar-refractivity contribution < 1.29 is 9.53 Å². The molecule has 17 heavy (non-hydrogen) atoms. The molecule has 0 amide bonds. The summed E-state index contributed by atoms with van der Waals surface area (Å²) in [5.74, 6) is 0.0583. The first-order valence-corrected chi connectivity index (χ1v) is 6.17. The van der Waals surface area contributed by atoms with Gasteiger partial charge < -0.3 is 4.74 Å². The lowest BCUT2D eigenvalue weighted by molar-refractivity contribution is -0.128. The molecule has 1 atom stereocenters. The van der Waals surface area contributed by atoms with Crippen LogP contribution in [0.1, 0.15) is 16.5 Å². The Morgan fingerprint density at radius 1 is 1.41 bits per heavy atom. The molecule has 1 heterocycles. The number of ketones is 1. The lowest BCUT2D eigenvalue weighted by Gasteiger charge is -2.13. The van der Waals surface area contributed by atoms with Crippen LogP contribution in [0.15, 0.2) is 42.0 Å². The Labute approximate surface area is 104 Å². The molecule has 4 heteroatoms. The monoisotopic (exact) mass is 247 g/mol. The van der Waals surface area contributed by atoms with Gasteiger partial charge in [-0.05, 0) is 5.56 Å². The fourth-order valence-electron chi connectivity index (χ4n) is 1.68. The molecule has 88 valence electrons. The molecule has 0 radical (unpaired) electrons. The van der Waals surface area contributed by atoms with E-state index in [1.54, 1.807) is 18.8 Å². The molecule has 2 rings (SSSR count). The third-order valence-electron chi connectivity index (χ3n) is 2.46. The van der Waals surface area contributed by atoms with Crippen LogP contribution in [0.25, 0.3) is 0 Å². The third-order valence-corrected chi connectivity index (χ3v) is 3.24. The highest BCUT2D eigenvalue weighted by atomic mass is 32.1. The maximum absolute atomic E-state index is 12.1. The summed E-state index contributed by atoms with van der Waals surface area (Å²) in [6.07, 6.45) is 1.61. The molecule has 0 aliphatic heterocycles. The van der Waals surface area contributed by atoms with Crippen LogP contribution in [-0.2, 0) is 16.0 Å². The van der Waals surface area contributed by atoms with E-state index in [1.165, 1.54) is 11.3 Å². The van der Waals surface area contributed by atoms with E-state index in [1.807, 2.05) is 30.3 Å². The summed E-state index contributed by atoms with van der Waals surface area (Å²) >= 11 is 1.49. The van der Waals surface area contributed by atoms with Crippen LogP contribution in [-0.4, -0.2) is 17.9 Å². The molecular formula is C13H13NO2S. The second kappa shape index (κ2) is 5.70. The number of Topliss-reactive ketones (excluding diaryl/α,β-unsaturated/α-hetero) is 1. The van der Waals surface area contributed by atoms with Crippen LogP contribution in [0.4, 0.5) is 0 Å². The van der Waals surface area contributed by atoms with Gasteiger partial charge in [-0.1, -0.05) is 30.3 Å². The van der Waals surface area contributed by atoms with Gasteiger partial charge in [-0.15, -0.1) is 11.3 Å². The normalized spacial score (nSPS) is 12.3. The van der Waals surface area contributed by atoms with Crippen LogP contribution in [0, 0.1) is 0 Å². The highest BCUT2D eigenvalue weighted by Gasteiger charge is 2.20. The number of nitrogens with zero attached hydrogens (tertiary/aromatic N) is 1. The minimum Gasteiger partial charge on any atom is -0.369 e. The van der Waals surface area contributed by atoms with Gasteiger partial charge in [-0.3, -0.25) is 9.78 Å². The SMILES string of the molecule is COC(C(=O)Cc1cncs1)c1ccccc1. The number of rotatable bonds is 5. The van der Waals surface area contributed by atoms with Crippen molar-refractivity contribution in [2.45, 2.75) is 12.5 Å². The number of methoxy groups -OCH3 is 1. The predicted molar refractivity (Wildman–Crippen MR) is 67.0 cm³/mol. The minimum absolute atomic E-state index is 0.0583. The number of hydrogen-bond donors (Lipinski definition) is 0. The zero-order valence-corrected chi connectivity index (χ0v) is 10.3. The van der Waals surface area contributed by atoms with Crippen molar-refractivity contribution in [2.24, 2.45) is 0 Å². The molecule has 0 bridgehead atoms. The van der Waals surface area contributed by atoms with Gasteiger partial charge in [0, 0.05) is 24.6 Å². The first-order chi connectivity index (χ1) is 8.31. The van der Waals surface area contributed by atoms with E-state index in [2.05, 4.69) is 4.98 Å². The van der Waals surface area contributed by atoms with Gasteiger partial charge >= 0.3 is 0 Å². The molecule has 1 aromatic heterocycles. The molecule has 0 saturated carbocycles. The van der Waals surface area contributed by atoms with Crippen molar-refractivity contribution in [3.8, 4) is 0 Å². The summed E-state index contributed by atoms with van der Waals surface area (Å²) in [4.78, 5) is 17.0. The molecule has 0 spiro atoms. The fourth-order valence-corrected chi connectivity index (χ4v) is 2.28. The maximum Gasteiger partial charge on any atom is 0.171 e.